The molecule has 2 aromatic carbocycles. The van der Waals surface area contributed by atoms with Crippen LogP contribution in [0.2, 0.25) is 0 Å². The van der Waals surface area contributed by atoms with E-state index in [4.69, 9.17) is 0 Å². The van der Waals surface area contributed by atoms with Gasteiger partial charge in [-0.25, -0.2) is 22.0 Å². The van der Waals surface area contributed by atoms with Gasteiger partial charge in [-0.05, 0) is 54.7 Å². The van der Waals surface area contributed by atoms with Crippen molar-refractivity contribution in [2.45, 2.75) is 32.6 Å². The average molecular weight is 370 g/mol. The molecule has 132 valence electrons. The second-order valence-corrected chi connectivity index (χ2v) is 7.05. The molecule has 0 radical (unpaired) electrons. The molecule has 0 spiro atoms. The van der Waals surface area contributed by atoms with Crippen LogP contribution in [0.4, 0.5) is 22.0 Å². The molecule has 0 atom stereocenters. The van der Waals surface area contributed by atoms with E-state index in [1.54, 1.807) is 6.07 Å². The number of halogens is 5. The molecule has 0 nitrogen and oxygen atoms in total. The van der Waals surface area contributed by atoms with Crippen LogP contribution in [-0.4, -0.2) is 0 Å². The van der Waals surface area contributed by atoms with E-state index >= 15 is 0 Å². The number of aryl methyl sites for hydroxylation is 3. The first kappa shape index (κ1) is 17.9. The molecular weight excluding hydrogens is 355 g/mol. The standard InChI is InChI=1S/C19H15F5S/c1-2-3-10-6-12(20)17-16(9-10)25-15(19(17)24)5-4-11-7-13(21)18(23)14(22)8-11/h6-9H,2-5H2,1H3. The lowest BCUT2D eigenvalue weighted by Gasteiger charge is -2.02. The van der Waals surface area contributed by atoms with Gasteiger partial charge < -0.3 is 0 Å². The Bertz CT molecular complexity index is 906. The molecule has 0 unspecified atom stereocenters. The van der Waals surface area contributed by atoms with Crippen molar-refractivity contribution < 1.29 is 22.0 Å². The van der Waals surface area contributed by atoms with E-state index in [1.165, 1.54) is 6.07 Å². The predicted molar refractivity (Wildman–Crippen MR) is 89.5 cm³/mol. The van der Waals surface area contributed by atoms with E-state index in [0.29, 0.717) is 16.0 Å². The largest absolute Gasteiger partial charge is 0.206 e. The molecule has 6 heteroatoms. The van der Waals surface area contributed by atoms with Crippen LogP contribution in [-0.2, 0) is 19.3 Å². The number of hydrogen-bond acceptors (Lipinski definition) is 1. The van der Waals surface area contributed by atoms with E-state index in [1.807, 2.05) is 6.92 Å². The van der Waals surface area contributed by atoms with Crippen LogP contribution in [0.1, 0.15) is 29.3 Å². The highest BCUT2D eigenvalue weighted by molar-refractivity contribution is 7.19. The first-order valence-corrected chi connectivity index (χ1v) is 8.75. The molecule has 0 aliphatic rings. The van der Waals surface area contributed by atoms with Crippen molar-refractivity contribution in [3.8, 4) is 0 Å². The molecule has 0 aliphatic carbocycles. The Labute approximate surface area is 145 Å². The van der Waals surface area contributed by atoms with Crippen molar-refractivity contribution >= 4 is 21.4 Å². The molecule has 1 heterocycles. The smallest absolute Gasteiger partial charge is 0.194 e. The van der Waals surface area contributed by atoms with Gasteiger partial charge in [0, 0.05) is 9.58 Å². The maximum absolute atomic E-state index is 14.5. The summed E-state index contributed by atoms with van der Waals surface area (Å²) < 4.78 is 68.7. The van der Waals surface area contributed by atoms with Gasteiger partial charge in [-0.3, -0.25) is 0 Å². The van der Waals surface area contributed by atoms with Gasteiger partial charge in [0.15, 0.2) is 17.5 Å². The molecule has 0 saturated heterocycles. The van der Waals surface area contributed by atoms with Crippen molar-refractivity contribution in [2.75, 3.05) is 0 Å². The summed E-state index contributed by atoms with van der Waals surface area (Å²) in [7, 11) is 0. The number of thiophene rings is 1. The summed E-state index contributed by atoms with van der Waals surface area (Å²) in [6.07, 6.45) is 1.84. The highest BCUT2D eigenvalue weighted by Gasteiger charge is 2.17. The minimum absolute atomic E-state index is 0.0451. The van der Waals surface area contributed by atoms with Crippen LogP contribution in [0.5, 0.6) is 0 Å². The lowest BCUT2D eigenvalue weighted by molar-refractivity contribution is 0.445. The lowest BCUT2D eigenvalue weighted by atomic mass is 10.1. The van der Waals surface area contributed by atoms with Crippen molar-refractivity contribution in [3.05, 3.63) is 69.4 Å². The zero-order valence-corrected chi connectivity index (χ0v) is 14.3. The van der Waals surface area contributed by atoms with Gasteiger partial charge in [0.25, 0.3) is 0 Å². The summed E-state index contributed by atoms with van der Waals surface area (Å²) in [6, 6.07) is 4.90. The van der Waals surface area contributed by atoms with Crippen LogP contribution in [0.15, 0.2) is 24.3 Å². The van der Waals surface area contributed by atoms with E-state index in [0.717, 1.165) is 35.5 Å². The SMILES string of the molecule is CCCc1cc(F)c2c(F)c(CCc3cc(F)c(F)c(F)c3)sc2c1. The fourth-order valence-electron chi connectivity index (χ4n) is 2.85. The summed E-state index contributed by atoms with van der Waals surface area (Å²) in [5, 5.41) is -0.0451. The molecule has 3 rings (SSSR count). The zero-order valence-electron chi connectivity index (χ0n) is 13.4. The molecule has 0 N–H and O–H groups in total. The van der Waals surface area contributed by atoms with Gasteiger partial charge in [0.1, 0.15) is 11.6 Å². The van der Waals surface area contributed by atoms with E-state index in [-0.39, 0.29) is 23.8 Å². The lowest BCUT2D eigenvalue weighted by Crippen LogP contribution is -1.97. The van der Waals surface area contributed by atoms with Crippen LogP contribution >= 0.6 is 11.3 Å². The Morgan fingerprint density at radius 3 is 1.96 bits per heavy atom. The summed E-state index contributed by atoms with van der Waals surface area (Å²) in [5.41, 5.74) is 1.03. The summed E-state index contributed by atoms with van der Waals surface area (Å²) in [6.45, 7) is 1.98. The monoisotopic (exact) mass is 370 g/mol. The Morgan fingerprint density at radius 2 is 1.32 bits per heavy atom. The Kier molecular flexibility index (Phi) is 5.08. The first-order valence-electron chi connectivity index (χ1n) is 7.93. The predicted octanol–water partition coefficient (Wildman–Crippen LogP) is 6.33. The Balaban J connectivity index is 1.89. The fourth-order valence-corrected chi connectivity index (χ4v) is 4.01. The number of rotatable bonds is 5. The number of benzene rings is 2. The summed E-state index contributed by atoms with van der Waals surface area (Å²) in [5.74, 6) is -5.31. The quantitative estimate of drug-likeness (QED) is 0.363. The van der Waals surface area contributed by atoms with E-state index in [9.17, 15) is 22.0 Å². The third-order valence-electron chi connectivity index (χ3n) is 4.03. The first-order chi connectivity index (χ1) is 11.9. The topological polar surface area (TPSA) is 0 Å². The third-order valence-corrected chi connectivity index (χ3v) is 5.21. The minimum Gasteiger partial charge on any atom is -0.206 e. The zero-order chi connectivity index (χ0) is 18.1. The van der Waals surface area contributed by atoms with Crippen LogP contribution in [0.3, 0.4) is 0 Å². The van der Waals surface area contributed by atoms with E-state index < -0.39 is 29.1 Å². The van der Waals surface area contributed by atoms with Crippen LogP contribution in [0, 0.1) is 29.1 Å². The highest BCUT2D eigenvalue weighted by atomic mass is 32.1. The van der Waals surface area contributed by atoms with Gasteiger partial charge in [0.2, 0.25) is 0 Å². The van der Waals surface area contributed by atoms with Crippen LogP contribution < -0.4 is 0 Å². The molecule has 1 aromatic heterocycles. The van der Waals surface area contributed by atoms with Gasteiger partial charge >= 0.3 is 0 Å². The van der Waals surface area contributed by atoms with Crippen molar-refractivity contribution in [2.24, 2.45) is 0 Å². The average Bonchev–Trinajstić information content (AvgIpc) is 2.87. The Morgan fingerprint density at radius 1 is 0.720 bits per heavy atom. The van der Waals surface area contributed by atoms with Crippen molar-refractivity contribution in [1.29, 1.82) is 0 Å². The van der Waals surface area contributed by atoms with Gasteiger partial charge in [-0.2, -0.15) is 0 Å². The molecule has 25 heavy (non-hydrogen) atoms. The second kappa shape index (κ2) is 7.12. The molecule has 0 saturated carbocycles. The molecule has 0 fully saturated rings. The van der Waals surface area contributed by atoms with Gasteiger partial charge in [0.05, 0.1) is 5.39 Å². The second-order valence-electron chi connectivity index (χ2n) is 5.91. The van der Waals surface area contributed by atoms with Gasteiger partial charge in [-0.1, -0.05) is 13.3 Å². The molecular formula is C19H15F5S. The van der Waals surface area contributed by atoms with Crippen LogP contribution in [0.25, 0.3) is 10.1 Å². The summed E-state index contributed by atoms with van der Waals surface area (Å²) in [4.78, 5) is 0.313. The van der Waals surface area contributed by atoms with Crippen molar-refractivity contribution in [3.63, 3.8) is 0 Å². The third kappa shape index (κ3) is 3.54. The Hall–Kier alpha value is -1.95. The summed E-state index contributed by atoms with van der Waals surface area (Å²) >= 11 is 1.13. The van der Waals surface area contributed by atoms with Crippen molar-refractivity contribution in [1.82, 2.24) is 0 Å². The maximum atomic E-state index is 14.5. The van der Waals surface area contributed by atoms with E-state index in [2.05, 4.69) is 0 Å². The number of hydrogen-bond donors (Lipinski definition) is 0. The fraction of sp³-hybridized carbons (Fsp3) is 0.263. The maximum Gasteiger partial charge on any atom is 0.194 e. The molecule has 0 amide bonds. The minimum atomic E-state index is -1.53. The highest BCUT2D eigenvalue weighted by Crippen LogP contribution is 2.34. The number of fused-ring (bicyclic) bond motifs is 1. The van der Waals surface area contributed by atoms with Gasteiger partial charge in [-0.15, -0.1) is 11.3 Å². The molecule has 3 aromatic rings. The molecule has 0 aliphatic heterocycles. The molecule has 0 bridgehead atoms. The normalized spacial score (nSPS) is 11.4.